The van der Waals surface area contributed by atoms with Gasteiger partial charge < -0.3 is 18.9 Å². The molecule has 2 heterocycles. The van der Waals surface area contributed by atoms with Gasteiger partial charge in [0.05, 0.1) is 22.1 Å². The molecule has 7 aromatic carbocycles. The average molecular weight is 567 g/mol. The molecule has 0 radical (unpaired) electrons. The molecule has 0 atom stereocenters. The summed E-state index contributed by atoms with van der Waals surface area (Å²) in [5.41, 5.74) is 6.51. The second-order valence-corrected chi connectivity index (χ2v) is 11.0. The summed E-state index contributed by atoms with van der Waals surface area (Å²) >= 11 is 0. The monoisotopic (exact) mass is 566 g/mol. The molecule has 4 heteroatoms. The highest BCUT2D eigenvalue weighted by atomic mass is 16.6. The zero-order valence-corrected chi connectivity index (χ0v) is 23.7. The number of nitrogens with zero attached hydrogens (tertiary/aromatic N) is 2. The van der Waals surface area contributed by atoms with Gasteiger partial charge in [-0.05, 0) is 78.2 Å². The van der Waals surface area contributed by atoms with Crippen molar-refractivity contribution in [2.45, 2.75) is 0 Å². The number of aromatic nitrogens is 1. The molecule has 0 amide bonds. The van der Waals surface area contributed by atoms with Gasteiger partial charge in [0.2, 0.25) is 0 Å². The first-order valence-electron chi connectivity index (χ1n) is 14.8. The minimum atomic E-state index is 0.710. The van der Waals surface area contributed by atoms with Crippen LogP contribution < -0.4 is 14.4 Å². The number of ether oxygens (including phenoxy) is 2. The van der Waals surface area contributed by atoms with Gasteiger partial charge in [0.1, 0.15) is 0 Å². The van der Waals surface area contributed by atoms with E-state index in [4.69, 9.17) is 9.47 Å². The quantitative estimate of drug-likeness (QED) is 0.212. The summed E-state index contributed by atoms with van der Waals surface area (Å²) in [7, 11) is 0. The van der Waals surface area contributed by atoms with Gasteiger partial charge in [-0.15, -0.1) is 0 Å². The lowest BCUT2D eigenvalue weighted by atomic mass is 10.1. The van der Waals surface area contributed by atoms with Crippen LogP contribution in [0.1, 0.15) is 0 Å². The summed E-state index contributed by atoms with van der Waals surface area (Å²) in [6, 6.07) is 54.8. The first-order valence-corrected chi connectivity index (χ1v) is 14.8. The van der Waals surface area contributed by atoms with Crippen LogP contribution in [0, 0.1) is 0 Å². The molecule has 1 aromatic heterocycles. The lowest BCUT2D eigenvalue weighted by Crippen LogP contribution is -2.09. The van der Waals surface area contributed by atoms with Crippen LogP contribution in [0.25, 0.3) is 38.3 Å². The molecule has 44 heavy (non-hydrogen) atoms. The summed E-state index contributed by atoms with van der Waals surface area (Å²) < 4.78 is 15.4. The molecule has 0 aliphatic carbocycles. The smallest absolute Gasteiger partial charge is 0.180 e. The van der Waals surface area contributed by atoms with Gasteiger partial charge in [-0.2, -0.15) is 0 Å². The Morgan fingerprint density at radius 3 is 1.84 bits per heavy atom. The molecule has 208 valence electrons. The molecular weight excluding hydrogens is 540 g/mol. The Balaban J connectivity index is 1.37. The largest absolute Gasteiger partial charge is 0.449 e. The van der Waals surface area contributed by atoms with Crippen LogP contribution in [0.5, 0.6) is 23.0 Å². The van der Waals surface area contributed by atoms with Gasteiger partial charge in [-0.25, -0.2) is 0 Å². The molecule has 0 fully saturated rings. The number of anilines is 3. The van der Waals surface area contributed by atoms with Gasteiger partial charge in [0.15, 0.2) is 23.0 Å². The van der Waals surface area contributed by atoms with Crippen LogP contribution in [-0.4, -0.2) is 4.57 Å². The molecule has 0 unspecified atom stereocenters. The maximum Gasteiger partial charge on any atom is 0.180 e. The Morgan fingerprint density at radius 1 is 0.432 bits per heavy atom. The lowest BCUT2D eigenvalue weighted by molar-refractivity contribution is 0.363. The number of rotatable bonds is 4. The van der Waals surface area contributed by atoms with Gasteiger partial charge in [0, 0.05) is 27.8 Å². The Kier molecular flexibility index (Phi) is 5.47. The molecule has 1 aliphatic heterocycles. The normalized spacial score (nSPS) is 12.0. The third-order valence-corrected chi connectivity index (χ3v) is 8.41. The highest BCUT2D eigenvalue weighted by molar-refractivity contribution is 6.15. The van der Waals surface area contributed by atoms with Crippen molar-refractivity contribution < 1.29 is 9.47 Å². The van der Waals surface area contributed by atoms with E-state index in [1.165, 1.54) is 10.8 Å². The standard InChI is InChI=1S/C40H26N2O2/c1-3-14-28(15-4-1)41(29-16-5-2-6-17-29)30-22-23-34-32(26-30)39-35(42(34)33-19-11-13-27-12-7-8-18-31(27)33)24-25-38-40(39)44-37-21-10-9-20-36(37)43-38/h1-26H. The second kappa shape index (κ2) is 9.79. The molecule has 1 aliphatic rings. The number of hydrogen-bond donors (Lipinski definition) is 0. The molecule has 0 N–H and O–H groups in total. The van der Waals surface area contributed by atoms with E-state index in [-0.39, 0.29) is 0 Å². The summed E-state index contributed by atoms with van der Waals surface area (Å²) in [6.07, 6.45) is 0. The fourth-order valence-electron chi connectivity index (χ4n) is 6.48. The van der Waals surface area contributed by atoms with Crippen LogP contribution in [0.3, 0.4) is 0 Å². The van der Waals surface area contributed by atoms with Crippen LogP contribution in [0.2, 0.25) is 0 Å². The highest BCUT2D eigenvalue weighted by Gasteiger charge is 2.26. The zero-order chi connectivity index (χ0) is 29.0. The minimum absolute atomic E-state index is 0.710. The van der Waals surface area contributed by atoms with Crippen LogP contribution in [0.15, 0.2) is 158 Å². The Labute approximate surface area is 254 Å². The van der Waals surface area contributed by atoms with E-state index in [0.29, 0.717) is 11.5 Å². The number of fused-ring (bicyclic) bond motifs is 7. The summed E-state index contributed by atoms with van der Waals surface area (Å²) in [5.74, 6) is 2.87. The van der Waals surface area contributed by atoms with Crippen molar-refractivity contribution in [2.75, 3.05) is 4.90 Å². The van der Waals surface area contributed by atoms with E-state index in [1.807, 2.05) is 30.3 Å². The van der Waals surface area contributed by atoms with E-state index < -0.39 is 0 Å². The Bertz CT molecular complexity index is 2300. The van der Waals surface area contributed by atoms with Crippen molar-refractivity contribution in [2.24, 2.45) is 0 Å². The number of para-hydroxylation sites is 4. The summed E-state index contributed by atoms with van der Waals surface area (Å²) in [6.45, 7) is 0. The van der Waals surface area contributed by atoms with E-state index in [9.17, 15) is 0 Å². The predicted octanol–water partition coefficient (Wildman–Crippen LogP) is 11.3. The Morgan fingerprint density at radius 2 is 1.07 bits per heavy atom. The molecule has 0 saturated carbocycles. The molecule has 0 spiro atoms. The number of hydrogen-bond acceptors (Lipinski definition) is 3. The van der Waals surface area contributed by atoms with Gasteiger partial charge in [0.25, 0.3) is 0 Å². The minimum Gasteiger partial charge on any atom is -0.449 e. The van der Waals surface area contributed by atoms with Crippen molar-refractivity contribution in [3.63, 3.8) is 0 Å². The van der Waals surface area contributed by atoms with Crippen molar-refractivity contribution >= 4 is 49.6 Å². The fourth-order valence-corrected chi connectivity index (χ4v) is 6.48. The SMILES string of the molecule is c1ccc(N(c2ccccc2)c2ccc3c(c2)c2c4c(ccc2n3-c2cccc3ccccc23)Oc2ccccc2O4)cc1. The van der Waals surface area contributed by atoms with E-state index in [0.717, 1.165) is 56.1 Å². The van der Waals surface area contributed by atoms with Crippen LogP contribution in [0.4, 0.5) is 17.1 Å². The van der Waals surface area contributed by atoms with Crippen LogP contribution >= 0.6 is 0 Å². The van der Waals surface area contributed by atoms with Crippen molar-refractivity contribution in [1.29, 1.82) is 0 Å². The molecule has 0 bridgehead atoms. The number of benzene rings is 7. The highest BCUT2D eigenvalue weighted by Crippen LogP contribution is 2.52. The first kappa shape index (κ1) is 24.6. The fraction of sp³-hybridized carbons (Fsp3) is 0. The van der Waals surface area contributed by atoms with Gasteiger partial charge >= 0.3 is 0 Å². The maximum atomic E-state index is 6.65. The lowest BCUT2D eigenvalue weighted by Gasteiger charge is -2.25. The van der Waals surface area contributed by atoms with Gasteiger partial charge in [-0.1, -0.05) is 84.9 Å². The van der Waals surface area contributed by atoms with Crippen LogP contribution in [-0.2, 0) is 0 Å². The molecule has 9 rings (SSSR count). The third-order valence-electron chi connectivity index (χ3n) is 8.41. The molecule has 8 aromatic rings. The maximum absolute atomic E-state index is 6.65. The predicted molar refractivity (Wildman–Crippen MR) is 180 cm³/mol. The Hall–Kier alpha value is -6.00. The van der Waals surface area contributed by atoms with E-state index in [2.05, 4.69) is 137 Å². The summed E-state index contributed by atoms with van der Waals surface area (Å²) in [4.78, 5) is 2.29. The summed E-state index contributed by atoms with van der Waals surface area (Å²) in [5, 5.41) is 4.49. The van der Waals surface area contributed by atoms with E-state index >= 15 is 0 Å². The van der Waals surface area contributed by atoms with Crippen molar-refractivity contribution in [1.82, 2.24) is 4.57 Å². The van der Waals surface area contributed by atoms with E-state index in [1.54, 1.807) is 0 Å². The average Bonchev–Trinajstić information content (AvgIpc) is 3.42. The van der Waals surface area contributed by atoms with Crippen molar-refractivity contribution in [3.8, 4) is 28.7 Å². The molecular formula is C40H26N2O2. The second-order valence-electron chi connectivity index (χ2n) is 11.0. The topological polar surface area (TPSA) is 26.6 Å². The first-order chi connectivity index (χ1) is 21.8. The molecule has 4 nitrogen and oxygen atoms in total. The van der Waals surface area contributed by atoms with Crippen molar-refractivity contribution in [3.05, 3.63) is 158 Å². The molecule has 0 saturated heterocycles. The third kappa shape index (κ3) is 3.78. The van der Waals surface area contributed by atoms with Gasteiger partial charge in [-0.3, -0.25) is 0 Å². The zero-order valence-electron chi connectivity index (χ0n) is 23.7.